The van der Waals surface area contributed by atoms with Crippen molar-refractivity contribution >= 4 is 16.6 Å². The second-order valence-corrected chi connectivity index (χ2v) is 29.2. The molecule has 4 aliphatic rings. The predicted molar refractivity (Wildman–Crippen MR) is 151 cm³/mol. The van der Waals surface area contributed by atoms with E-state index in [0.717, 1.165) is 0 Å². The largest absolute Gasteiger partial charge is 1.00 e. The van der Waals surface area contributed by atoms with E-state index in [2.05, 4.69) is 79.9 Å². The molecule has 2 atom stereocenters. The standard InChI is InChI=1S/2C15H25OSi.2ClH.Hf/c2*1-15(2,3)17(4,5)16-14-10-12-8-6-7-9-13(12)11-14;;;/h2*10-11H,6-9H2,1-5H3;2*1H;/q;;;;+2/p-2. The van der Waals surface area contributed by atoms with E-state index in [1.54, 1.807) is 22.3 Å². The predicted octanol–water partition coefficient (Wildman–Crippen LogP) is 4.23. The Hall–Kier alpha value is 0.444. The summed E-state index contributed by atoms with van der Waals surface area (Å²) in [6.07, 6.45) is 15.6. The van der Waals surface area contributed by atoms with Crippen molar-refractivity contribution in [2.45, 2.75) is 137 Å². The van der Waals surface area contributed by atoms with Crippen LogP contribution in [0.25, 0.3) is 0 Å². The first-order valence-electron chi connectivity index (χ1n) is 14.1. The van der Waals surface area contributed by atoms with E-state index in [-0.39, 0.29) is 34.9 Å². The molecule has 0 bridgehead atoms. The Morgan fingerprint density at radius 1 is 0.622 bits per heavy atom. The normalized spacial score (nSPS) is 24.3. The molecule has 0 spiro atoms. The molecule has 0 saturated heterocycles. The first-order valence-corrected chi connectivity index (χ1v) is 24.1. The van der Waals surface area contributed by atoms with Crippen molar-refractivity contribution in [2.24, 2.45) is 0 Å². The number of hydrogen-bond acceptors (Lipinski definition) is 2. The van der Waals surface area contributed by atoms with E-state index in [1.807, 2.05) is 0 Å². The molecule has 4 aliphatic carbocycles. The Morgan fingerprint density at radius 3 is 1.27 bits per heavy atom. The molecule has 0 heterocycles. The molecule has 0 aromatic rings. The van der Waals surface area contributed by atoms with Crippen LogP contribution in [-0.2, 0) is 31.8 Å². The third-order valence-corrected chi connectivity index (χ3v) is 25.4. The van der Waals surface area contributed by atoms with Crippen molar-refractivity contribution in [3.05, 3.63) is 46.0 Å². The summed E-state index contributed by atoms with van der Waals surface area (Å²) in [6.45, 7) is 24.0. The van der Waals surface area contributed by atoms with E-state index in [4.69, 9.17) is 8.85 Å². The van der Waals surface area contributed by atoms with Crippen LogP contribution < -0.4 is 24.8 Å². The van der Waals surface area contributed by atoms with Gasteiger partial charge in [-0.2, -0.15) is 0 Å². The van der Waals surface area contributed by atoms with Gasteiger partial charge < -0.3 is 24.8 Å². The molecular formula is C30H50Cl2HfO2Si2. The van der Waals surface area contributed by atoms with Crippen molar-refractivity contribution in [1.29, 1.82) is 0 Å². The van der Waals surface area contributed by atoms with Crippen LogP contribution in [0.15, 0.2) is 46.0 Å². The van der Waals surface area contributed by atoms with Crippen molar-refractivity contribution < 1.29 is 56.6 Å². The molecule has 0 aliphatic heterocycles. The Labute approximate surface area is 254 Å². The van der Waals surface area contributed by atoms with Crippen LogP contribution in [0.2, 0.25) is 43.6 Å². The minimum absolute atomic E-state index is 0. The second-order valence-electron chi connectivity index (χ2n) is 14.4. The maximum atomic E-state index is 7.14. The molecule has 0 aromatic carbocycles. The minimum Gasteiger partial charge on any atom is -1.00 e. The molecule has 0 N–H and O–H groups in total. The van der Waals surface area contributed by atoms with Crippen molar-refractivity contribution in [1.82, 2.24) is 0 Å². The number of allylic oxidation sites excluding steroid dienone is 6. The van der Waals surface area contributed by atoms with Crippen molar-refractivity contribution in [3.8, 4) is 0 Å². The average Bonchev–Trinajstić information content (AvgIpc) is 3.24. The van der Waals surface area contributed by atoms with Gasteiger partial charge >= 0.3 is 231 Å². The summed E-state index contributed by atoms with van der Waals surface area (Å²) in [5.74, 6) is 2.76. The Kier molecular flexibility index (Phi) is 11.0. The van der Waals surface area contributed by atoms with Gasteiger partial charge in [0.15, 0.2) is 0 Å². The molecular weight excluding hydrogens is 698 g/mol. The zero-order valence-electron chi connectivity index (χ0n) is 25.0. The van der Waals surface area contributed by atoms with Gasteiger partial charge in [0.25, 0.3) is 0 Å². The third-order valence-electron chi connectivity index (χ3n) is 9.70. The van der Waals surface area contributed by atoms with Gasteiger partial charge in [0.05, 0.1) is 0 Å². The summed E-state index contributed by atoms with van der Waals surface area (Å²) in [4.78, 5) is 0. The zero-order chi connectivity index (χ0) is 25.8. The molecule has 37 heavy (non-hydrogen) atoms. The maximum Gasteiger partial charge on any atom is -1.00 e. The number of halogens is 2. The summed E-state index contributed by atoms with van der Waals surface area (Å²) in [7, 11) is -3.72. The topological polar surface area (TPSA) is 18.5 Å². The van der Waals surface area contributed by atoms with Gasteiger partial charge in [-0.1, -0.05) is 0 Å². The van der Waals surface area contributed by atoms with Gasteiger partial charge in [-0.05, 0) is 0 Å². The van der Waals surface area contributed by atoms with Gasteiger partial charge in [-0.3, -0.25) is 0 Å². The molecule has 0 aromatic heterocycles. The Balaban J connectivity index is 0.00000241. The van der Waals surface area contributed by atoms with E-state index in [0.29, 0.717) is 7.35 Å². The Morgan fingerprint density at radius 2 is 0.946 bits per heavy atom. The summed E-state index contributed by atoms with van der Waals surface area (Å²) >= 11 is -1.22. The SMILES string of the molecule is CC(C)(C)[Si](C)(C)OC1=CC2=C(CCCC2)[C@@H]1[Hf+2][C@H]1C(O[Si](C)(C)C(C)(C)C)=CC2=C1CCCC2.[Cl-].[Cl-]. The van der Waals surface area contributed by atoms with Gasteiger partial charge in [-0.15, -0.1) is 0 Å². The van der Waals surface area contributed by atoms with E-state index in [9.17, 15) is 0 Å². The third kappa shape index (κ3) is 7.03. The molecule has 2 nitrogen and oxygen atoms in total. The zero-order valence-corrected chi connectivity index (χ0v) is 32.1. The molecule has 208 valence electrons. The molecule has 0 saturated carbocycles. The smallest absolute Gasteiger partial charge is 1.00 e. The molecule has 7 heteroatoms. The average molecular weight is 748 g/mol. The van der Waals surface area contributed by atoms with E-state index >= 15 is 0 Å². The van der Waals surface area contributed by atoms with E-state index in [1.165, 1.54) is 62.9 Å². The molecule has 0 unspecified atom stereocenters. The fraction of sp³-hybridized carbons (Fsp3) is 0.733. The van der Waals surface area contributed by atoms with Crippen LogP contribution in [0.3, 0.4) is 0 Å². The quantitative estimate of drug-likeness (QED) is 0.379. The van der Waals surface area contributed by atoms with Crippen LogP contribution in [-0.4, -0.2) is 16.6 Å². The summed E-state index contributed by atoms with van der Waals surface area (Å²) < 4.78 is 15.5. The van der Waals surface area contributed by atoms with Crippen LogP contribution >= 0.6 is 0 Å². The fourth-order valence-electron chi connectivity index (χ4n) is 5.35. The number of hydrogen-bond donors (Lipinski definition) is 0. The summed E-state index contributed by atoms with van der Waals surface area (Å²) in [5.41, 5.74) is 6.86. The van der Waals surface area contributed by atoms with Gasteiger partial charge in [-0.25, -0.2) is 0 Å². The molecule has 0 fully saturated rings. The van der Waals surface area contributed by atoms with Crippen LogP contribution in [0, 0.1) is 0 Å². The van der Waals surface area contributed by atoms with Crippen molar-refractivity contribution in [3.63, 3.8) is 0 Å². The molecule has 4 rings (SSSR count). The molecule has 0 amide bonds. The van der Waals surface area contributed by atoms with Crippen molar-refractivity contribution in [2.75, 3.05) is 0 Å². The monoisotopic (exact) mass is 748 g/mol. The van der Waals surface area contributed by atoms with Gasteiger partial charge in [0.2, 0.25) is 0 Å². The molecule has 0 radical (unpaired) electrons. The first kappa shape index (κ1) is 33.6. The van der Waals surface area contributed by atoms with E-state index < -0.39 is 39.5 Å². The Bertz CT molecular complexity index is 903. The van der Waals surface area contributed by atoms with Crippen LogP contribution in [0.1, 0.15) is 92.9 Å². The summed E-state index contributed by atoms with van der Waals surface area (Å²) in [5, 5.41) is 0.469. The maximum absolute atomic E-state index is 7.14. The van der Waals surface area contributed by atoms with Gasteiger partial charge in [0, 0.05) is 0 Å². The number of rotatable bonds is 6. The van der Waals surface area contributed by atoms with Crippen LogP contribution in [0.5, 0.6) is 0 Å². The second kappa shape index (κ2) is 12.1. The fourth-order valence-corrected chi connectivity index (χ4v) is 15.6. The van der Waals surface area contributed by atoms with Crippen LogP contribution in [0.4, 0.5) is 0 Å². The summed E-state index contributed by atoms with van der Waals surface area (Å²) in [6, 6.07) is 0. The first-order chi connectivity index (χ1) is 16.1. The minimum atomic E-state index is -1.86. The van der Waals surface area contributed by atoms with Gasteiger partial charge in [0.1, 0.15) is 0 Å².